The van der Waals surface area contributed by atoms with Crippen LogP contribution in [-0.2, 0) is 12.0 Å². The summed E-state index contributed by atoms with van der Waals surface area (Å²) in [7, 11) is 0. The van der Waals surface area contributed by atoms with Crippen LogP contribution in [0.4, 0.5) is 4.39 Å². The molecule has 1 heterocycles. The van der Waals surface area contributed by atoms with Gasteiger partial charge in [-0.1, -0.05) is 85.3 Å². The van der Waals surface area contributed by atoms with Crippen molar-refractivity contribution in [2.45, 2.75) is 57.1 Å². The highest BCUT2D eigenvalue weighted by Gasteiger charge is 2.50. The number of fused-ring (bicyclic) bond motifs is 1. The molecule has 1 fully saturated rings. The predicted molar refractivity (Wildman–Crippen MR) is 165 cm³/mol. The Labute approximate surface area is 240 Å². The van der Waals surface area contributed by atoms with Crippen molar-refractivity contribution in [3.05, 3.63) is 112 Å². The number of aliphatic hydroxyl groups is 1. The molecule has 2 nitrogen and oxygen atoms in total. The number of thioether (sulfide) groups is 1. The molecule has 3 aromatic carbocycles. The molecule has 3 atom stereocenters. The SMILES string of the molecule is CC(C)(O)c1ccccc1CC[C@@H](SC[C@]1(C)C[C@@H]1F)c1cccc(/C=C/c2ccc3ccc(Cl)cc3n2)c1. The lowest BCUT2D eigenvalue weighted by Gasteiger charge is -2.24. The van der Waals surface area contributed by atoms with E-state index in [2.05, 4.69) is 42.5 Å². The molecule has 5 heteroatoms. The van der Waals surface area contributed by atoms with Crippen molar-refractivity contribution in [3.63, 3.8) is 0 Å². The van der Waals surface area contributed by atoms with Crippen LogP contribution in [0, 0.1) is 5.41 Å². The van der Waals surface area contributed by atoms with E-state index in [0.29, 0.717) is 11.4 Å². The molecule has 0 saturated heterocycles. The number of rotatable bonds is 10. The Kier molecular flexibility index (Phi) is 8.19. The average Bonchev–Trinajstić information content (AvgIpc) is 3.52. The molecule has 202 valence electrons. The van der Waals surface area contributed by atoms with Crippen LogP contribution >= 0.6 is 23.4 Å². The van der Waals surface area contributed by atoms with Crippen LogP contribution < -0.4 is 0 Å². The van der Waals surface area contributed by atoms with Crippen LogP contribution in [0.3, 0.4) is 0 Å². The third kappa shape index (κ3) is 6.92. The third-order valence-electron chi connectivity index (χ3n) is 7.61. The highest BCUT2D eigenvalue weighted by Crippen LogP contribution is 2.52. The van der Waals surface area contributed by atoms with E-state index in [0.717, 1.165) is 51.9 Å². The normalized spacial score (nSPS) is 20.0. The Morgan fingerprint density at radius 1 is 1.08 bits per heavy atom. The minimum absolute atomic E-state index is 0.212. The lowest BCUT2D eigenvalue weighted by molar-refractivity contribution is 0.0776. The molecular formula is C34H35ClFNOS. The number of aryl methyl sites for hydroxylation is 1. The maximum atomic E-state index is 14.0. The molecular weight excluding hydrogens is 525 g/mol. The summed E-state index contributed by atoms with van der Waals surface area (Å²) in [4.78, 5) is 4.74. The van der Waals surface area contributed by atoms with Crippen LogP contribution in [0.25, 0.3) is 23.1 Å². The highest BCUT2D eigenvalue weighted by molar-refractivity contribution is 7.99. The zero-order chi connectivity index (χ0) is 27.6. The number of pyridine rings is 1. The molecule has 0 radical (unpaired) electrons. The van der Waals surface area contributed by atoms with Gasteiger partial charge in [0, 0.05) is 26.8 Å². The smallest absolute Gasteiger partial charge is 0.107 e. The van der Waals surface area contributed by atoms with E-state index < -0.39 is 11.8 Å². The number of hydrogen-bond donors (Lipinski definition) is 1. The largest absolute Gasteiger partial charge is 0.386 e. The van der Waals surface area contributed by atoms with Gasteiger partial charge in [-0.3, -0.25) is 0 Å². The van der Waals surface area contributed by atoms with Crippen LogP contribution in [0.2, 0.25) is 5.02 Å². The van der Waals surface area contributed by atoms with E-state index >= 15 is 0 Å². The van der Waals surface area contributed by atoms with Gasteiger partial charge in [-0.05, 0) is 79.6 Å². The van der Waals surface area contributed by atoms with Gasteiger partial charge in [-0.15, -0.1) is 0 Å². The first kappa shape index (κ1) is 27.9. The highest BCUT2D eigenvalue weighted by atomic mass is 35.5. The monoisotopic (exact) mass is 559 g/mol. The minimum atomic E-state index is -0.894. The van der Waals surface area contributed by atoms with E-state index in [1.165, 1.54) is 5.56 Å². The van der Waals surface area contributed by atoms with Gasteiger partial charge < -0.3 is 5.11 Å². The molecule has 1 aliphatic carbocycles. The zero-order valence-electron chi connectivity index (χ0n) is 22.7. The molecule has 1 aliphatic rings. The Morgan fingerprint density at radius 2 is 1.85 bits per heavy atom. The first-order chi connectivity index (χ1) is 18.6. The van der Waals surface area contributed by atoms with Gasteiger partial charge in [0.2, 0.25) is 0 Å². The fourth-order valence-corrected chi connectivity index (χ4v) is 6.67. The zero-order valence-corrected chi connectivity index (χ0v) is 24.3. The summed E-state index contributed by atoms with van der Waals surface area (Å²) in [5, 5.41) is 12.7. The lowest BCUT2D eigenvalue weighted by atomic mass is 9.90. The lowest BCUT2D eigenvalue weighted by Crippen LogP contribution is -2.18. The number of benzene rings is 3. The second-order valence-corrected chi connectivity index (χ2v) is 13.1. The van der Waals surface area contributed by atoms with Crippen LogP contribution in [0.15, 0.2) is 78.9 Å². The predicted octanol–water partition coefficient (Wildman–Crippen LogP) is 9.44. The van der Waals surface area contributed by atoms with Crippen molar-refractivity contribution < 1.29 is 9.50 Å². The van der Waals surface area contributed by atoms with Gasteiger partial charge in [-0.2, -0.15) is 11.8 Å². The summed E-state index contributed by atoms with van der Waals surface area (Å²) < 4.78 is 14.0. The Morgan fingerprint density at radius 3 is 2.62 bits per heavy atom. The Hall–Kier alpha value is -2.66. The van der Waals surface area contributed by atoms with Gasteiger partial charge in [0.1, 0.15) is 6.17 Å². The molecule has 39 heavy (non-hydrogen) atoms. The molecule has 0 unspecified atom stereocenters. The summed E-state index contributed by atoms with van der Waals surface area (Å²) in [6, 6.07) is 26.5. The summed E-state index contributed by atoms with van der Waals surface area (Å²) >= 11 is 8.01. The fraction of sp³-hybridized carbons (Fsp3) is 0.324. The first-order valence-electron chi connectivity index (χ1n) is 13.5. The number of hydrogen-bond acceptors (Lipinski definition) is 3. The molecule has 0 spiro atoms. The van der Waals surface area contributed by atoms with Crippen LogP contribution in [0.1, 0.15) is 66.8 Å². The second-order valence-electron chi connectivity index (χ2n) is 11.5. The van der Waals surface area contributed by atoms with Crippen molar-refractivity contribution >= 4 is 46.4 Å². The number of halogens is 2. The number of aromatic nitrogens is 1. The van der Waals surface area contributed by atoms with E-state index in [-0.39, 0.29) is 10.7 Å². The van der Waals surface area contributed by atoms with Crippen molar-refractivity contribution in [3.8, 4) is 0 Å². The van der Waals surface area contributed by atoms with Gasteiger partial charge in [0.05, 0.1) is 16.8 Å². The molecule has 5 rings (SSSR count). The summed E-state index contributed by atoms with van der Waals surface area (Å²) in [6.45, 7) is 5.72. The first-order valence-corrected chi connectivity index (χ1v) is 14.9. The van der Waals surface area contributed by atoms with Crippen molar-refractivity contribution in [1.82, 2.24) is 4.98 Å². The Balaban J connectivity index is 1.36. The molecule has 0 aliphatic heterocycles. The second kappa shape index (κ2) is 11.4. The van der Waals surface area contributed by atoms with Gasteiger partial charge >= 0.3 is 0 Å². The third-order valence-corrected chi connectivity index (χ3v) is 9.58. The molecule has 0 bridgehead atoms. The van der Waals surface area contributed by atoms with Crippen molar-refractivity contribution in [2.24, 2.45) is 5.41 Å². The summed E-state index contributed by atoms with van der Waals surface area (Å²) in [5.74, 6) is 0.801. The Bertz CT molecular complexity index is 1500. The minimum Gasteiger partial charge on any atom is -0.386 e. The summed E-state index contributed by atoms with van der Waals surface area (Å²) in [6.07, 6.45) is 5.83. The maximum Gasteiger partial charge on any atom is 0.107 e. The van der Waals surface area contributed by atoms with Crippen LogP contribution in [-0.4, -0.2) is 22.0 Å². The maximum absolute atomic E-state index is 14.0. The quantitative estimate of drug-likeness (QED) is 0.210. The fourth-order valence-electron chi connectivity index (χ4n) is 5.00. The number of alkyl halides is 1. The van der Waals surface area contributed by atoms with E-state index in [4.69, 9.17) is 16.6 Å². The summed E-state index contributed by atoms with van der Waals surface area (Å²) in [5.41, 5.74) is 5.11. The van der Waals surface area contributed by atoms with Gasteiger partial charge in [0.25, 0.3) is 0 Å². The van der Waals surface area contributed by atoms with E-state index in [1.54, 1.807) is 0 Å². The standard InChI is InChI=1S/C34H35ClFNOS/c1-33(2,38)29-10-5-4-8-24(29)14-18-31(39-22-34(3)21-32(34)36)26-9-6-7-23(19-26)11-16-28-17-13-25-12-15-27(35)20-30(25)37-28/h4-13,15-17,19-20,31-32,38H,14,18,21-22H2,1-3H3/b16-11+/t31-,32+,34+/m1/s1. The topological polar surface area (TPSA) is 33.1 Å². The average molecular weight is 560 g/mol. The molecule has 1 saturated carbocycles. The molecule has 4 aromatic rings. The van der Waals surface area contributed by atoms with E-state index in [1.807, 2.05) is 81.1 Å². The molecule has 1 N–H and O–H groups in total. The molecule has 0 amide bonds. The van der Waals surface area contributed by atoms with Gasteiger partial charge in [0.15, 0.2) is 0 Å². The number of nitrogens with zero attached hydrogens (tertiary/aromatic N) is 1. The molecule has 1 aromatic heterocycles. The van der Waals surface area contributed by atoms with Gasteiger partial charge in [-0.25, -0.2) is 9.37 Å². The van der Waals surface area contributed by atoms with Crippen molar-refractivity contribution in [2.75, 3.05) is 5.75 Å². The van der Waals surface area contributed by atoms with Crippen molar-refractivity contribution in [1.29, 1.82) is 0 Å². The van der Waals surface area contributed by atoms with Crippen LogP contribution in [0.5, 0.6) is 0 Å². The van der Waals surface area contributed by atoms with E-state index in [9.17, 15) is 9.50 Å².